The molecule has 0 saturated heterocycles. The summed E-state index contributed by atoms with van der Waals surface area (Å²) >= 11 is 9.38. The minimum Gasteiger partial charge on any atom is -0.327 e. The fourth-order valence-corrected chi connectivity index (χ4v) is 2.63. The third kappa shape index (κ3) is 2.66. The maximum Gasteiger partial charge on any atom is 0.255 e. The SMILES string of the molecule is CCn1nc(Br)nc1Nc1ccc2c(=O)[nH]cc(Cl)c2c1. The number of H-pyrrole nitrogens is 1. The summed E-state index contributed by atoms with van der Waals surface area (Å²) in [4.78, 5) is 18.6. The molecule has 0 aliphatic carbocycles. The van der Waals surface area contributed by atoms with Crippen molar-refractivity contribution in [3.63, 3.8) is 0 Å². The lowest BCUT2D eigenvalue weighted by Gasteiger charge is -2.08. The van der Waals surface area contributed by atoms with Crippen LogP contribution in [0.5, 0.6) is 0 Å². The topological polar surface area (TPSA) is 75.6 Å². The number of aromatic nitrogens is 4. The second-order valence-electron chi connectivity index (χ2n) is 4.37. The van der Waals surface area contributed by atoms with E-state index in [9.17, 15) is 4.79 Å². The van der Waals surface area contributed by atoms with Gasteiger partial charge in [-0.2, -0.15) is 4.98 Å². The summed E-state index contributed by atoms with van der Waals surface area (Å²) in [6, 6.07) is 5.34. The van der Waals surface area contributed by atoms with Crippen LogP contribution in [-0.4, -0.2) is 19.7 Å². The minimum atomic E-state index is -0.166. The molecule has 2 aromatic heterocycles. The van der Waals surface area contributed by atoms with Crippen molar-refractivity contribution < 1.29 is 0 Å². The van der Waals surface area contributed by atoms with Crippen molar-refractivity contribution >= 4 is 49.9 Å². The zero-order valence-electron chi connectivity index (χ0n) is 11.0. The Bertz CT molecular complexity index is 873. The largest absolute Gasteiger partial charge is 0.327 e. The van der Waals surface area contributed by atoms with E-state index in [1.165, 1.54) is 6.20 Å². The number of halogens is 2. The van der Waals surface area contributed by atoms with Crippen molar-refractivity contribution in [3.05, 3.63) is 44.5 Å². The van der Waals surface area contributed by atoms with Gasteiger partial charge in [-0.15, -0.1) is 5.10 Å². The Morgan fingerprint density at radius 2 is 2.24 bits per heavy atom. The molecule has 0 atom stereocenters. The lowest BCUT2D eigenvalue weighted by Crippen LogP contribution is -2.06. The first-order chi connectivity index (χ1) is 10.1. The molecule has 0 bridgehead atoms. The highest BCUT2D eigenvalue weighted by Gasteiger charge is 2.09. The number of aryl methyl sites for hydroxylation is 1. The zero-order chi connectivity index (χ0) is 15.0. The van der Waals surface area contributed by atoms with Crippen molar-refractivity contribution in [2.45, 2.75) is 13.5 Å². The maximum absolute atomic E-state index is 11.7. The van der Waals surface area contributed by atoms with Gasteiger partial charge in [-0.3, -0.25) is 4.79 Å². The predicted molar refractivity (Wildman–Crippen MR) is 86.3 cm³/mol. The second kappa shape index (κ2) is 5.50. The van der Waals surface area contributed by atoms with Gasteiger partial charge in [0.05, 0.1) is 5.02 Å². The highest BCUT2D eigenvalue weighted by Crippen LogP contribution is 2.25. The molecule has 1 aromatic carbocycles. The Balaban J connectivity index is 2.05. The Morgan fingerprint density at radius 3 is 3.00 bits per heavy atom. The van der Waals surface area contributed by atoms with E-state index in [0.29, 0.717) is 33.0 Å². The number of benzene rings is 1. The number of hydrogen-bond donors (Lipinski definition) is 2. The van der Waals surface area contributed by atoms with E-state index in [1.54, 1.807) is 16.8 Å². The Labute approximate surface area is 133 Å². The molecular formula is C13H11BrClN5O. The molecule has 8 heteroatoms. The fourth-order valence-electron chi connectivity index (χ4n) is 2.06. The normalized spacial score (nSPS) is 11.0. The van der Waals surface area contributed by atoms with Crippen LogP contribution in [0.3, 0.4) is 0 Å². The van der Waals surface area contributed by atoms with Crippen molar-refractivity contribution in [1.82, 2.24) is 19.7 Å². The van der Waals surface area contributed by atoms with Crippen LogP contribution in [0.25, 0.3) is 10.8 Å². The number of nitrogens with zero attached hydrogens (tertiary/aromatic N) is 3. The van der Waals surface area contributed by atoms with Crippen molar-refractivity contribution in [1.29, 1.82) is 0 Å². The van der Waals surface area contributed by atoms with Gasteiger partial charge >= 0.3 is 0 Å². The molecule has 6 nitrogen and oxygen atoms in total. The number of fused-ring (bicyclic) bond motifs is 1. The van der Waals surface area contributed by atoms with E-state index in [4.69, 9.17) is 11.6 Å². The van der Waals surface area contributed by atoms with Gasteiger partial charge in [-0.1, -0.05) is 11.6 Å². The molecule has 0 saturated carbocycles. The van der Waals surface area contributed by atoms with Crippen LogP contribution in [0.4, 0.5) is 11.6 Å². The lowest BCUT2D eigenvalue weighted by molar-refractivity contribution is 0.663. The second-order valence-corrected chi connectivity index (χ2v) is 5.49. The van der Waals surface area contributed by atoms with Crippen LogP contribution in [0, 0.1) is 0 Å². The molecule has 0 aliphatic heterocycles. The molecule has 0 unspecified atom stereocenters. The average Bonchev–Trinajstić information content (AvgIpc) is 2.83. The quantitative estimate of drug-likeness (QED) is 0.744. The molecule has 0 radical (unpaired) electrons. The van der Waals surface area contributed by atoms with Crippen LogP contribution in [0.15, 0.2) is 33.9 Å². The highest BCUT2D eigenvalue weighted by atomic mass is 79.9. The monoisotopic (exact) mass is 367 g/mol. The third-order valence-corrected chi connectivity index (χ3v) is 3.70. The Kier molecular flexibility index (Phi) is 3.69. The maximum atomic E-state index is 11.7. The molecule has 3 rings (SSSR count). The molecule has 21 heavy (non-hydrogen) atoms. The number of anilines is 2. The molecule has 108 valence electrons. The predicted octanol–water partition coefficient (Wildman–Crippen LogP) is 3.30. The van der Waals surface area contributed by atoms with Gasteiger partial charge in [0.2, 0.25) is 10.7 Å². The fraction of sp³-hybridized carbons (Fsp3) is 0.154. The Hall–Kier alpha value is -1.86. The molecule has 0 fully saturated rings. The van der Waals surface area contributed by atoms with Crippen LogP contribution >= 0.6 is 27.5 Å². The van der Waals surface area contributed by atoms with E-state index in [1.807, 2.05) is 13.0 Å². The number of pyridine rings is 1. The number of hydrogen-bond acceptors (Lipinski definition) is 4. The van der Waals surface area contributed by atoms with Gasteiger partial charge in [0, 0.05) is 29.2 Å². The van der Waals surface area contributed by atoms with E-state index >= 15 is 0 Å². The lowest BCUT2D eigenvalue weighted by atomic mass is 10.1. The number of rotatable bonds is 3. The van der Waals surface area contributed by atoms with Gasteiger partial charge in [0.15, 0.2) is 0 Å². The summed E-state index contributed by atoms with van der Waals surface area (Å²) in [6.07, 6.45) is 1.49. The van der Waals surface area contributed by atoms with Gasteiger partial charge in [0.1, 0.15) is 0 Å². The van der Waals surface area contributed by atoms with Crippen LogP contribution < -0.4 is 10.9 Å². The molecule has 0 aliphatic rings. The Morgan fingerprint density at radius 1 is 1.43 bits per heavy atom. The van der Waals surface area contributed by atoms with E-state index < -0.39 is 0 Å². The van der Waals surface area contributed by atoms with Crippen molar-refractivity contribution in [3.8, 4) is 0 Å². The molecule has 0 amide bonds. The first-order valence-electron chi connectivity index (χ1n) is 6.27. The standard InChI is InChI=1S/C13H11BrClN5O/c1-2-20-13(18-12(14)19-20)17-7-3-4-8-9(5-7)10(15)6-16-11(8)21/h3-6H,2H2,1H3,(H,16,21)(H,17,18,19). The van der Waals surface area contributed by atoms with Gasteiger partial charge in [0.25, 0.3) is 5.56 Å². The number of nitrogens with one attached hydrogen (secondary N) is 2. The van der Waals surface area contributed by atoms with Gasteiger partial charge < -0.3 is 10.3 Å². The third-order valence-electron chi connectivity index (χ3n) is 3.05. The summed E-state index contributed by atoms with van der Waals surface area (Å²) in [6.45, 7) is 2.66. The van der Waals surface area contributed by atoms with Gasteiger partial charge in [-0.05, 0) is 41.1 Å². The first kappa shape index (κ1) is 14.1. The van der Waals surface area contributed by atoms with Crippen LogP contribution in [-0.2, 0) is 6.54 Å². The van der Waals surface area contributed by atoms with Crippen molar-refractivity contribution in [2.24, 2.45) is 0 Å². The highest BCUT2D eigenvalue weighted by molar-refractivity contribution is 9.10. The smallest absolute Gasteiger partial charge is 0.255 e. The zero-order valence-corrected chi connectivity index (χ0v) is 13.4. The summed E-state index contributed by atoms with van der Waals surface area (Å²) in [5.74, 6) is 0.615. The van der Waals surface area contributed by atoms with Crippen LogP contribution in [0.1, 0.15) is 6.92 Å². The van der Waals surface area contributed by atoms with Crippen LogP contribution in [0.2, 0.25) is 5.02 Å². The molecule has 3 aromatic rings. The molecule has 2 heterocycles. The van der Waals surface area contributed by atoms with Crippen molar-refractivity contribution in [2.75, 3.05) is 5.32 Å². The summed E-state index contributed by atoms with van der Waals surface area (Å²) in [5.41, 5.74) is 0.616. The first-order valence-corrected chi connectivity index (χ1v) is 7.44. The summed E-state index contributed by atoms with van der Waals surface area (Å²) < 4.78 is 2.25. The van der Waals surface area contributed by atoms with E-state index in [0.717, 1.165) is 5.69 Å². The minimum absolute atomic E-state index is 0.166. The van der Waals surface area contributed by atoms with Gasteiger partial charge in [-0.25, -0.2) is 4.68 Å². The summed E-state index contributed by atoms with van der Waals surface area (Å²) in [7, 11) is 0. The van der Waals surface area contributed by atoms with E-state index in [2.05, 4.69) is 36.3 Å². The molecule has 2 N–H and O–H groups in total. The van der Waals surface area contributed by atoms with E-state index in [-0.39, 0.29) is 5.56 Å². The molecular weight excluding hydrogens is 358 g/mol. The number of aromatic amines is 1. The average molecular weight is 369 g/mol. The molecule has 0 spiro atoms. The summed E-state index contributed by atoms with van der Waals surface area (Å²) in [5, 5.41) is 9.10.